The summed E-state index contributed by atoms with van der Waals surface area (Å²) >= 11 is 6.24. The number of nitrogens with one attached hydrogen (secondary N) is 1. The van der Waals surface area contributed by atoms with Crippen LogP contribution in [0.25, 0.3) is 22.0 Å². The zero-order valence-corrected chi connectivity index (χ0v) is 17.1. The van der Waals surface area contributed by atoms with Crippen molar-refractivity contribution < 1.29 is 0 Å². The molecule has 28 heavy (non-hydrogen) atoms. The lowest BCUT2D eigenvalue weighted by atomic mass is 10.0. The Labute approximate surface area is 171 Å². The second-order valence-corrected chi connectivity index (χ2v) is 7.64. The summed E-state index contributed by atoms with van der Waals surface area (Å²) in [6.45, 7) is 6.16. The molecular weight excluding hydrogens is 364 g/mol. The van der Waals surface area contributed by atoms with E-state index in [2.05, 4.69) is 84.5 Å². The predicted octanol–water partition coefficient (Wildman–Crippen LogP) is 6.83. The van der Waals surface area contributed by atoms with Crippen molar-refractivity contribution in [1.82, 2.24) is 9.88 Å². The first kappa shape index (κ1) is 18.8. The van der Waals surface area contributed by atoms with Crippen LogP contribution in [0.15, 0.2) is 79.0 Å². The van der Waals surface area contributed by atoms with Gasteiger partial charge in [-0.25, -0.2) is 0 Å². The normalized spacial score (nSPS) is 12.4. The molecule has 4 rings (SSSR count). The smallest absolute Gasteiger partial charge is 0.0486 e. The maximum Gasteiger partial charge on any atom is 0.0486 e. The van der Waals surface area contributed by atoms with Gasteiger partial charge in [0.2, 0.25) is 0 Å². The lowest BCUT2D eigenvalue weighted by molar-refractivity contribution is 0.575. The summed E-state index contributed by atoms with van der Waals surface area (Å²) in [6.07, 6.45) is 2.24. The number of benzene rings is 3. The minimum absolute atomic E-state index is 0.310. The van der Waals surface area contributed by atoms with Gasteiger partial charge < -0.3 is 9.88 Å². The van der Waals surface area contributed by atoms with E-state index in [1.54, 1.807) is 0 Å². The second kappa shape index (κ2) is 8.22. The van der Waals surface area contributed by atoms with Crippen molar-refractivity contribution in [3.63, 3.8) is 0 Å². The van der Waals surface area contributed by atoms with Crippen LogP contribution in [0.4, 0.5) is 0 Å². The molecule has 142 valence electrons. The first-order valence-electron chi connectivity index (χ1n) is 9.81. The molecule has 3 heteroatoms. The van der Waals surface area contributed by atoms with Gasteiger partial charge in [0, 0.05) is 46.8 Å². The van der Waals surface area contributed by atoms with E-state index in [1.807, 2.05) is 18.2 Å². The molecule has 0 spiro atoms. The maximum absolute atomic E-state index is 6.24. The van der Waals surface area contributed by atoms with Gasteiger partial charge >= 0.3 is 0 Å². The van der Waals surface area contributed by atoms with Gasteiger partial charge in [0.1, 0.15) is 0 Å². The summed E-state index contributed by atoms with van der Waals surface area (Å²) in [6, 6.07) is 25.7. The van der Waals surface area contributed by atoms with Crippen LogP contribution in [-0.2, 0) is 13.1 Å². The van der Waals surface area contributed by atoms with E-state index >= 15 is 0 Å². The first-order valence-corrected chi connectivity index (χ1v) is 10.2. The molecule has 0 saturated carbocycles. The van der Waals surface area contributed by atoms with E-state index in [0.717, 1.165) is 23.7 Å². The lowest BCUT2D eigenvalue weighted by Crippen LogP contribution is -2.17. The summed E-state index contributed by atoms with van der Waals surface area (Å²) in [5, 5.41) is 5.68. The lowest BCUT2D eigenvalue weighted by Gasteiger charge is -2.14. The van der Waals surface area contributed by atoms with Gasteiger partial charge in [-0.2, -0.15) is 0 Å². The SMILES string of the molecule is CCn1cc(-c2cccc(Cl)c2)c2cc(CN[C@H](C)c3ccccc3)ccc21. The van der Waals surface area contributed by atoms with Gasteiger partial charge in [-0.05, 0) is 54.8 Å². The Morgan fingerprint density at radius 1 is 0.964 bits per heavy atom. The molecule has 0 unspecified atom stereocenters. The van der Waals surface area contributed by atoms with Crippen LogP contribution in [0.3, 0.4) is 0 Å². The van der Waals surface area contributed by atoms with E-state index < -0.39 is 0 Å². The molecule has 4 aromatic rings. The highest BCUT2D eigenvalue weighted by Crippen LogP contribution is 2.33. The van der Waals surface area contributed by atoms with Crippen LogP contribution in [0, 0.1) is 0 Å². The minimum Gasteiger partial charge on any atom is -0.347 e. The predicted molar refractivity (Wildman–Crippen MR) is 120 cm³/mol. The highest BCUT2D eigenvalue weighted by atomic mass is 35.5. The van der Waals surface area contributed by atoms with Gasteiger partial charge in [0.25, 0.3) is 0 Å². The van der Waals surface area contributed by atoms with Crippen LogP contribution < -0.4 is 5.32 Å². The van der Waals surface area contributed by atoms with Crippen molar-refractivity contribution in [3.8, 4) is 11.1 Å². The molecule has 0 fully saturated rings. The molecule has 0 aliphatic rings. The number of aryl methyl sites for hydroxylation is 1. The zero-order chi connectivity index (χ0) is 19.5. The third kappa shape index (κ3) is 3.84. The molecular formula is C25H25ClN2. The Hall–Kier alpha value is -2.55. The summed E-state index contributed by atoms with van der Waals surface area (Å²) in [5.74, 6) is 0. The average molecular weight is 389 g/mol. The standard InChI is InChI=1S/C25H25ClN2/c1-3-28-17-24(21-10-7-11-22(26)15-21)23-14-19(12-13-25(23)28)16-27-18(2)20-8-5-4-6-9-20/h4-15,17-18,27H,3,16H2,1-2H3/t18-/m1/s1. The maximum atomic E-state index is 6.24. The quantitative estimate of drug-likeness (QED) is 0.383. The van der Waals surface area contributed by atoms with Gasteiger partial charge in [-0.1, -0.05) is 60.1 Å². The molecule has 1 N–H and O–H groups in total. The molecule has 1 heterocycles. The highest BCUT2D eigenvalue weighted by Gasteiger charge is 2.11. The molecule has 1 aromatic heterocycles. The fourth-order valence-electron chi connectivity index (χ4n) is 3.73. The Morgan fingerprint density at radius 2 is 1.79 bits per heavy atom. The Balaban J connectivity index is 1.65. The average Bonchev–Trinajstić information content (AvgIpc) is 3.10. The van der Waals surface area contributed by atoms with E-state index in [9.17, 15) is 0 Å². The van der Waals surface area contributed by atoms with Gasteiger partial charge in [-0.3, -0.25) is 0 Å². The number of rotatable bonds is 6. The number of fused-ring (bicyclic) bond motifs is 1. The molecule has 0 amide bonds. The molecule has 0 bridgehead atoms. The summed E-state index contributed by atoms with van der Waals surface area (Å²) in [4.78, 5) is 0. The molecule has 3 aromatic carbocycles. The molecule has 0 aliphatic carbocycles. The van der Waals surface area contributed by atoms with E-state index in [1.165, 1.54) is 27.6 Å². The van der Waals surface area contributed by atoms with Crippen LogP contribution in [0.1, 0.15) is 31.0 Å². The topological polar surface area (TPSA) is 17.0 Å². The van der Waals surface area contributed by atoms with Crippen LogP contribution >= 0.6 is 11.6 Å². The summed E-state index contributed by atoms with van der Waals surface area (Å²) in [7, 11) is 0. The largest absolute Gasteiger partial charge is 0.347 e. The Bertz CT molecular complexity index is 1080. The summed E-state index contributed by atoms with van der Waals surface area (Å²) < 4.78 is 2.30. The number of hydrogen-bond donors (Lipinski definition) is 1. The number of hydrogen-bond acceptors (Lipinski definition) is 1. The molecule has 1 atom stereocenters. The third-order valence-corrected chi connectivity index (χ3v) is 5.57. The first-order chi connectivity index (χ1) is 13.7. The minimum atomic E-state index is 0.310. The highest BCUT2D eigenvalue weighted by molar-refractivity contribution is 6.30. The van der Waals surface area contributed by atoms with E-state index in [4.69, 9.17) is 11.6 Å². The molecule has 0 aliphatic heterocycles. The summed E-state index contributed by atoms with van der Waals surface area (Å²) in [5.41, 5.74) is 6.25. The zero-order valence-electron chi connectivity index (χ0n) is 16.3. The van der Waals surface area contributed by atoms with Crippen LogP contribution in [0.5, 0.6) is 0 Å². The molecule has 2 nitrogen and oxygen atoms in total. The second-order valence-electron chi connectivity index (χ2n) is 7.20. The van der Waals surface area contributed by atoms with Crippen molar-refractivity contribution in [3.05, 3.63) is 95.1 Å². The van der Waals surface area contributed by atoms with Gasteiger partial charge in [0.15, 0.2) is 0 Å². The van der Waals surface area contributed by atoms with Crippen molar-refractivity contribution in [2.75, 3.05) is 0 Å². The fourth-order valence-corrected chi connectivity index (χ4v) is 3.92. The number of halogens is 1. The van der Waals surface area contributed by atoms with Crippen molar-refractivity contribution >= 4 is 22.5 Å². The van der Waals surface area contributed by atoms with Gasteiger partial charge in [-0.15, -0.1) is 0 Å². The van der Waals surface area contributed by atoms with Crippen molar-refractivity contribution in [2.45, 2.75) is 33.0 Å². The number of nitrogens with zero attached hydrogens (tertiary/aromatic N) is 1. The third-order valence-electron chi connectivity index (χ3n) is 5.33. The van der Waals surface area contributed by atoms with Crippen LogP contribution in [-0.4, -0.2) is 4.57 Å². The van der Waals surface area contributed by atoms with E-state index in [0.29, 0.717) is 6.04 Å². The van der Waals surface area contributed by atoms with E-state index in [-0.39, 0.29) is 0 Å². The van der Waals surface area contributed by atoms with Gasteiger partial charge in [0.05, 0.1) is 0 Å². The van der Waals surface area contributed by atoms with Crippen molar-refractivity contribution in [2.24, 2.45) is 0 Å². The monoisotopic (exact) mass is 388 g/mol. The Morgan fingerprint density at radius 3 is 2.54 bits per heavy atom. The van der Waals surface area contributed by atoms with Crippen LogP contribution in [0.2, 0.25) is 5.02 Å². The Kier molecular flexibility index (Phi) is 5.52. The van der Waals surface area contributed by atoms with Crippen molar-refractivity contribution in [1.29, 1.82) is 0 Å². The number of aromatic nitrogens is 1. The fraction of sp³-hybridized carbons (Fsp3) is 0.200. The molecule has 0 saturated heterocycles. The molecule has 0 radical (unpaired) electrons.